The molecule has 1 N–H and O–H groups in total. The molecule has 2 atom stereocenters. The van der Waals surface area contributed by atoms with Crippen LogP contribution in [0.15, 0.2) is 61.2 Å². The van der Waals surface area contributed by atoms with Crippen LogP contribution in [0.3, 0.4) is 0 Å². The van der Waals surface area contributed by atoms with E-state index in [4.69, 9.17) is 23.2 Å². The van der Waals surface area contributed by atoms with Gasteiger partial charge < -0.3 is 10.1 Å². The number of rotatable bonds is 7. The quantitative estimate of drug-likeness (QED) is 0.312. The van der Waals surface area contributed by atoms with Crippen LogP contribution in [0.2, 0.25) is 5.02 Å². The molecule has 1 heterocycles. The van der Waals surface area contributed by atoms with Crippen LogP contribution >= 0.6 is 23.2 Å². The standard InChI is InChI=1S/C23H15Cl2F4N5O3/c1-22(14-10-31-12-32-11-14,21(36)33-15-2-7-18(24)13(8-15)9-30)34(20(35)19(25)26)16-3-5-17(6-4-16)37-23(27,28)29/h2-8,10-12,19H,1H3,(H,33,36)/t19-,22?/m0/s1. The Hall–Kier alpha value is -3.95. The highest BCUT2D eigenvalue weighted by atomic mass is 35.5. The molecule has 1 unspecified atom stereocenters. The van der Waals surface area contributed by atoms with Crippen LogP contribution in [-0.2, 0) is 15.1 Å². The molecular weight excluding hydrogens is 541 g/mol. The highest BCUT2D eigenvalue weighted by Crippen LogP contribution is 2.37. The van der Waals surface area contributed by atoms with Crippen molar-refractivity contribution in [2.75, 3.05) is 10.2 Å². The number of hydrogen-bond acceptors (Lipinski definition) is 6. The average Bonchev–Trinajstić information content (AvgIpc) is 2.85. The van der Waals surface area contributed by atoms with E-state index in [1.54, 1.807) is 0 Å². The van der Waals surface area contributed by atoms with Gasteiger partial charge in [0.15, 0.2) is 5.54 Å². The van der Waals surface area contributed by atoms with Gasteiger partial charge in [-0.3, -0.25) is 14.5 Å². The van der Waals surface area contributed by atoms with Gasteiger partial charge >= 0.3 is 6.36 Å². The highest BCUT2D eigenvalue weighted by Gasteiger charge is 2.47. The number of benzene rings is 2. The molecule has 0 radical (unpaired) electrons. The smallest absolute Gasteiger partial charge is 0.406 e. The number of carbonyl (C=O) groups excluding carboxylic acids is 2. The van der Waals surface area contributed by atoms with E-state index in [0.717, 1.165) is 30.6 Å². The second-order valence-electron chi connectivity index (χ2n) is 7.48. The zero-order valence-corrected chi connectivity index (χ0v) is 20.1. The van der Waals surface area contributed by atoms with E-state index >= 15 is 0 Å². The Balaban J connectivity index is 2.15. The molecule has 0 spiro atoms. The van der Waals surface area contributed by atoms with Crippen LogP contribution in [0.1, 0.15) is 18.1 Å². The van der Waals surface area contributed by atoms with Gasteiger partial charge in [-0.1, -0.05) is 23.2 Å². The third kappa shape index (κ3) is 6.25. The SMILES string of the molecule is CC(C(=O)Nc1ccc(Cl)c(C#N)c1)(c1cncnc1)N(C(=O)[C@H](F)Cl)c1ccc(OC(F)(F)F)cc1. The maximum absolute atomic E-state index is 14.2. The van der Waals surface area contributed by atoms with E-state index in [2.05, 4.69) is 20.0 Å². The normalized spacial score (nSPS) is 13.6. The van der Waals surface area contributed by atoms with Gasteiger partial charge in [0.2, 0.25) is 0 Å². The minimum absolute atomic E-state index is 0.00301. The number of ether oxygens (including phenoxy) is 1. The van der Waals surface area contributed by atoms with E-state index in [0.29, 0.717) is 4.90 Å². The van der Waals surface area contributed by atoms with E-state index < -0.39 is 35.1 Å². The minimum Gasteiger partial charge on any atom is -0.406 e. The number of alkyl halides is 5. The van der Waals surface area contributed by atoms with E-state index in [9.17, 15) is 32.4 Å². The number of aromatic nitrogens is 2. The van der Waals surface area contributed by atoms with Gasteiger partial charge in [0, 0.05) is 29.3 Å². The predicted molar refractivity (Wildman–Crippen MR) is 126 cm³/mol. The van der Waals surface area contributed by atoms with Gasteiger partial charge in [-0.25, -0.2) is 14.4 Å². The molecule has 8 nitrogen and oxygen atoms in total. The zero-order chi connectivity index (χ0) is 27.4. The van der Waals surface area contributed by atoms with Gasteiger partial charge in [-0.05, 0) is 49.4 Å². The molecule has 0 bridgehead atoms. The fourth-order valence-electron chi connectivity index (χ4n) is 3.35. The van der Waals surface area contributed by atoms with Crippen molar-refractivity contribution in [1.82, 2.24) is 9.97 Å². The summed E-state index contributed by atoms with van der Waals surface area (Å²) in [5, 5.41) is 11.9. The summed E-state index contributed by atoms with van der Waals surface area (Å²) in [7, 11) is 0. The lowest BCUT2D eigenvalue weighted by atomic mass is 9.89. The summed E-state index contributed by atoms with van der Waals surface area (Å²) in [5.74, 6) is -2.94. The van der Waals surface area contributed by atoms with Crippen LogP contribution in [0.5, 0.6) is 5.75 Å². The highest BCUT2D eigenvalue weighted by molar-refractivity contribution is 6.32. The fraction of sp³-hybridized carbons (Fsp3) is 0.174. The lowest BCUT2D eigenvalue weighted by molar-refractivity contribution is -0.274. The summed E-state index contributed by atoms with van der Waals surface area (Å²) in [6.45, 7) is 1.24. The van der Waals surface area contributed by atoms with Gasteiger partial charge in [-0.2, -0.15) is 5.26 Å². The summed E-state index contributed by atoms with van der Waals surface area (Å²) in [5.41, 5.74) is -4.78. The molecule has 3 rings (SSSR count). The summed E-state index contributed by atoms with van der Waals surface area (Å²) in [6.07, 6.45) is -1.45. The first-order valence-electron chi connectivity index (χ1n) is 10.1. The van der Waals surface area contributed by atoms with Crippen molar-refractivity contribution >= 4 is 46.4 Å². The van der Waals surface area contributed by atoms with E-state index in [1.165, 1.54) is 37.5 Å². The minimum atomic E-state index is -4.98. The largest absolute Gasteiger partial charge is 0.573 e. The Morgan fingerprint density at radius 2 is 1.76 bits per heavy atom. The first-order chi connectivity index (χ1) is 17.4. The van der Waals surface area contributed by atoms with Gasteiger partial charge in [-0.15, -0.1) is 13.2 Å². The Morgan fingerprint density at radius 3 is 2.30 bits per heavy atom. The zero-order valence-electron chi connectivity index (χ0n) is 18.6. The number of amides is 2. The third-order valence-corrected chi connectivity index (χ3v) is 5.61. The van der Waals surface area contributed by atoms with Crippen LogP contribution in [0.25, 0.3) is 0 Å². The molecule has 2 amide bonds. The Bertz CT molecular complexity index is 1330. The lowest BCUT2D eigenvalue weighted by Crippen LogP contribution is -2.56. The topological polar surface area (TPSA) is 108 Å². The Morgan fingerprint density at radius 1 is 1.14 bits per heavy atom. The van der Waals surface area contributed by atoms with Crippen LogP contribution in [-0.4, -0.2) is 33.8 Å². The molecule has 192 valence electrons. The molecule has 0 aliphatic rings. The van der Waals surface area contributed by atoms with Gasteiger partial charge in [0.1, 0.15) is 18.1 Å². The number of nitriles is 1. The summed E-state index contributed by atoms with van der Waals surface area (Å²) in [6, 6.07) is 9.67. The average molecular weight is 556 g/mol. The summed E-state index contributed by atoms with van der Waals surface area (Å²) in [4.78, 5) is 35.1. The van der Waals surface area contributed by atoms with Crippen molar-refractivity contribution in [3.8, 4) is 11.8 Å². The van der Waals surface area contributed by atoms with Crippen molar-refractivity contribution in [3.63, 3.8) is 0 Å². The number of nitrogens with one attached hydrogen (secondary N) is 1. The van der Waals surface area contributed by atoms with Crippen molar-refractivity contribution in [2.45, 2.75) is 24.5 Å². The number of hydrogen-bond donors (Lipinski definition) is 1. The molecule has 0 aliphatic carbocycles. The van der Waals surface area contributed by atoms with Gasteiger partial charge in [0.05, 0.1) is 10.6 Å². The van der Waals surface area contributed by atoms with Crippen molar-refractivity contribution in [2.24, 2.45) is 0 Å². The molecule has 2 aromatic carbocycles. The third-order valence-electron chi connectivity index (χ3n) is 5.09. The second kappa shape index (κ2) is 11.0. The van der Waals surface area contributed by atoms with Gasteiger partial charge in [0.25, 0.3) is 17.4 Å². The van der Waals surface area contributed by atoms with E-state index in [-0.39, 0.29) is 27.5 Å². The second-order valence-corrected chi connectivity index (χ2v) is 8.27. The maximum Gasteiger partial charge on any atom is 0.573 e. The monoisotopic (exact) mass is 555 g/mol. The molecule has 0 saturated carbocycles. The molecule has 14 heteroatoms. The van der Waals surface area contributed by atoms with Crippen LogP contribution in [0, 0.1) is 11.3 Å². The Kier molecular flexibility index (Phi) is 8.20. The lowest BCUT2D eigenvalue weighted by Gasteiger charge is -2.40. The van der Waals surface area contributed by atoms with Crippen molar-refractivity contribution in [3.05, 3.63) is 77.3 Å². The Labute approximate surface area is 217 Å². The molecule has 0 saturated heterocycles. The van der Waals surface area contributed by atoms with Crippen LogP contribution < -0.4 is 15.0 Å². The number of anilines is 2. The number of halogens is 6. The number of carbonyl (C=O) groups is 2. The van der Waals surface area contributed by atoms with Crippen molar-refractivity contribution < 1.29 is 31.9 Å². The first kappa shape index (κ1) is 27.6. The molecular formula is C23H15Cl2F4N5O3. The van der Waals surface area contributed by atoms with E-state index in [1.807, 2.05) is 6.07 Å². The van der Waals surface area contributed by atoms with Crippen molar-refractivity contribution in [1.29, 1.82) is 5.26 Å². The van der Waals surface area contributed by atoms with Crippen LogP contribution in [0.4, 0.5) is 28.9 Å². The molecule has 0 aliphatic heterocycles. The predicted octanol–water partition coefficient (Wildman–Crippen LogP) is 5.32. The fourth-order valence-corrected chi connectivity index (χ4v) is 3.61. The molecule has 3 aromatic rings. The summed E-state index contributed by atoms with van der Waals surface area (Å²) < 4.78 is 55.8. The maximum atomic E-state index is 14.2. The molecule has 0 fully saturated rings. The molecule has 37 heavy (non-hydrogen) atoms. The number of nitrogens with zero attached hydrogens (tertiary/aromatic N) is 4. The molecule has 1 aromatic heterocycles. The first-order valence-corrected chi connectivity index (χ1v) is 10.9. The summed E-state index contributed by atoms with van der Waals surface area (Å²) >= 11 is 11.4.